The van der Waals surface area contributed by atoms with Gasteiger partial charge < -0.3 is 15.5 Å². The van der Waals surface area contributed by atoms with E-state index >= 15 is 0 Å². The molecule has 4 rings (SSSR count). The van der Waals surface area contributed by atoms with Crippen LogP contribution < -0.4 is 5.32 Å². The van der Waals surface area contributed by atoms with Gasteiger partial charge in [0.2, 0.25) is 0 Å². The van der Waals surface area contributed by atoms with Crippen LogP contribution >= 0.6 is 28.3 Å². The molecule has 2 heterocycles. The summed E-state index contributed by atoms with van der Waals surface area (Å²) in [5.41, 5.74) is 3.81. The van der Waals surface area contributed by atoms with Crippen LogP contribution in [0.25, 0.3) is 0 Å². The molecule has 5 heteroatoms. The molecule has 0 saturated carbocycles. The molecule has 2 aromatic rings. The number of phenolic OH excluding ortho intramolecular Hbond substituents is 2. The fourth-order valence-corrected chi connectivity index (χ4v) is 5.78. The minimum absolute atomic E-state index is 0. The van der Waals surface area contributed by atoms with Crippen LogP contribution in [0.4, 0.5) is 0 Å². The number of phenols is 2. The molecule has 0 spiro atoms. The van der Waals surface area contributed by atoms with E-state index in [-0.39, 0.29) is 28.5 Å². The van der Waals surface area contributed by atoms with Crippen LogP contribution in [-0.2, 0) is 19.4 Å². The SMILES string of the molecule is Br.CCCCCCc1cc2c(s1)C1c3cc(O)c(O)cc3CCC1NC2. The molecule has 1 aliphatic heterocycles. The molecule has 3 nitrogen and oxygen atoms in total. The molecule has 0 radical (unpaired) electrons. The summed E-state index contributed by atoms with van der Waals surface area (Å²) in [5.74, 6) is 0.320. The van der Waals surface area contributed by atoms with E-state index in [1.165, 1.54) is 58.5 Å². The highest BCUT2D eigenvalue weighted by Gasteiger charge is 2.37. The first kappa shape index (κ1) is 19.7. The summed E-state index contributed by atoms with van der Waals surface area (Å²) < 4.78 is 0. The number of hydrogen-bond acceptors (Lipinski definition) is 4. The Morgan fingerprint density at radius 1 is 1.08 bits per heavy atom. The fraction of sp³-hybridized carbons (Fsp3) is 0.524. The quantitative estimate of drug-likeness (QED) is 0.432. The Balaban J connectivity index is 0.00000196. The van der Waals surface area contributed by atoms with E-state index in [1.807, 2.05) is 11.3 Å². The zero-order chi connectivity index (χ0) is 17.4. The van der Waals surface area contributed by atoms with Gasteiger partial charge in [0.25, 0.3) is 0 Å². The fourth-order valence-electron chi connectivity index (χ4n) is 4.37. The van der Waals surface area contributed by atoms with Gasteiger partial charge in [-0.25, -0.2) is 0 Å². The first-order chi connectivity index (χ1) is 12.2. The molecule has 1 aromatic heterocycles. The number of rotatable bonds is 5. The van der Waals surface area contributed by atoms with Crippen LogP contribution in [0.3, 0.4) is 0 Å². The minimum Gasteiger partial charge on any atom is -0.504 e. The summed E-state index contributed by atoms with van der Waals surface area (Å²) in [6.07, 6.45) is 8.43. The van der Waals surface area contributed by atoms with Crippen LogP contribution in [0.15, 0.2) is 18.2 Å². The molecule has 1 aromatic carbocycles. The molecule has 0 bridgehead atoms. The molecule has 3 N–H and O–H groups in total. The first-order valence-corrected chi connectivity index (χ1v) is 10.4. The highest BCUT2D eigenvalue weighted by molar-refractivity contribution is 8.93. The van der Waals surface area contributed by atoms with Crippen LogP contribution in [0.2, 0.25) is 0 Å². The van der Waals surface area contributed by atoms with Gasteiger partial charge in [-0.15, -0.1) is 28.3 Å². The molecule has 26 heavy (non-hydrogen) atoms. The summed E-state index contributed by atoms with van der Waals surface area (Å²) >= 11 is 1.97. The molecule has 1 aliphatic carbocycles. The molecule has 0 fully saturated rings. The molecular formula is C21H28BrNO2S. The topological polar surface area (TPSA) is 52.5 Å². The van der Waals surface area contributed by atoms with Crippen molar-refractivity contribution >= 4 is 28.3 Å². The Labute approximate surface area is 170 Å². The summed E-state index contributed by atoms with van der Waals surface area (Å²) in [6, 6.07) is 6.38. The van der Waals surface area contributed by atoms with Crippen LogP contribution in [-0.4, -0.2) is 16.3 Å². The number of unbranched alkanes of at least 4 members (excludes halogenated alkanes) is 3. The number of aromatic hydroxyl groups is 2. The van der Waals surface area contributed by atoms with Gasteiger partial charge in [0.1, 0.15) is 0 Å². The molecule has 0 amide bonds. The van der Waals surface area contributed by atoms with Crippen molar-refractivity contribution in [2.24, 2.45) is 0 Å². The molecular weight excluding hydrogens is 410 g/mol. The summed E-state index contributed by atoms with van der Waals surface area (Å²) in [7, 11) is 0. The summed E-state index contributed by atoms with van der Waals surface area (Å²) in [6.45, 7) is 3.21. The average molecular weight is 438 g/mol. The third-order valence-electron chi connectivity index (χ3n) is 5.71. The second-order valence-corrected chi connectivity index (χ2v) is 8.62. The highest BCUT2D eigenvalue weighted by atomic mass is 79.9. The van der Waals surface area contributed by atoms with Gasteiger partial charge in [-0.2, -0.15) is 0 Å². The maximum atomic E-state index is 10.0. The molecule has 0 saturated heterocycles. The van der Waals surface area contributed by atoms with E-state index < -0.39 is 0 Å². The third kappa shape index (κ3) is 3.67. The molecule has 2 unspecified atom stereocenters. The number of halogens is 1. The number of fused-ring (bicyclic) bond motifs is 5. The van der Waals surface area contributed by atoms with Crippen LogP contribution in [0.5, 0.6) is 11.5 Å². The Kier molecular flexibility index (Phi) is 6.31. The van der Waals surface area contributed by atoms with E-state index in [0.717, 1.165) is 19.4 Å². The van der Waals surface area contributed by atoms with E-state index in [0.29, 0.717) is 12.0 Å². The normalized spacial score (nSPS) is 20.7. The van der Waals surface area contributed by atoms with Gasteiger partial charge in [-0.05, 0) is 60.6 Å². The Bertz CT molecular complexity index is 774. The van der Waals surface area contributed by atoms with Crippen molar-refractivity contribution in [1.82, 2.24) is 5.32 Å². The second kappa shape index (κ2) is 8.32. The maximum Gasteiger partial charge on any atom is 0.157 e. The molecule has 2 aliphatic rings. The van der Waals surface area contributed by atoms with Gasteiger partial charge in [-0.3, -0.25) is 0 Å². The second-order valence-electron chi connectivity index (χ2n) is 7.46. The van der Waals surface area contributed by atoms with Crippen LogP contribution in [0.1, 0.15) is 71.4 Å². The Morgan fingerprint density at radius 2 is 1.88 bits per heavy atom. The van der Waals surface area contributed by atoms with Crippen molar-refractivity contribution in [3.05, 3.63) is 44.6 Å². The van der Waals surface area contributed by atoms with Gasteiger partial charge in [0.15, 0.2) is 11.5 Å². The monoisotopic (exact) mass is 437 g/mol. The number of nitrogens with one attached hydrogen (secondary N) is 1. The van der Waals surface area contributed by atoms with Crippen molar-refractivity contribution in [2.45, 2.75) is 70.4 Å². The largest absolute Gasteiger partial charge is 0.504 e. The van der Waals surface area contributed by atoms with E-state index in [1.54, 1.807) is 12.1 Å². The van der Waals surface area contributed by atoms with Gasteiger partial charge in [0, 0.05) is 28.3 Å². The van der Waals surface area contributed by atoms with E-state index in [4.69, 9.17) is 0 Å². The van der Waals surface area contributed by atoms with E-state index in [2.05, 4.69) is 18.3 Å². The molecule has 2 atom stereocenters. The third-order valence-corrected chi connectivity index (χ3v) is 7.03. The van der Waals surface area contributed by atoms with E-state index in [9.17, 15) is 10.2 Å². The van der Waals surface area contributed by atoms with Gasteiger partial charge in [-0.1, -0.05) is 26.2 Å². The lowest BCUT2D eigenvalue weighted by molar-refractivity contribution is 0.383. The minimum atomic E-state index is 0. The summed E-state index contributed by atoms with van der Waals surface area (Å²) in [4.78, 5) is 2.97. The van der Waals surface area contributed by atoms with Crippen molar-refractivity contribution in [3.63, 3.8) is 0 Å². The van der Waals surface area contributed by atoms with Crippen molar-refractivity contribution < 1.29 is 10.2 Å². The van der Waals surface area contributed by atoms with Crippen molar-refractivity contribution in [3.8, 4) is 11.5 Å². The van der Waals surface area contributed by atoms with Gasteiger partial charge in [0.05, 0.1) is 0 Å². The zero-order valence-corrected chi connectivity index (χ0v) is 17.8. The smallest absolute Gasteiger partial charge is 0.157 e. The predicted octanol–water partition coefficient (Wildman–Crippen LogP) is 5.41. The summed E-state index contributed by atoms with van der Waals surface area (Å²) in [5, 5.41) is 23.6. The Morgan fingerprint density at radius 3 is 2.69 bits per heavy atom. The number of thiophene rings is 1. The van der Waals surface area contributed by atoms with Gasteiger partial charge >= 0.3 is 0 Å². The number of hydrogen-bond donors (Lipinski definition) is 3. The predicted molar refractivity (Wildman–Crippen MR) is 113 cm³/mol. The number of aryl methyl sites for hydroxylation is 2. The maximum absolute atomic E-state index is 10.0. The standard InChI is InChI=1S/C21H27NO2S.BrH/c1-2-3-4-5-6-15-9-14-12-22-17-8-7-13-10-18(23)19(24)11-16(13)20(17)21(14)25-15;/h9-11,17,20,22-24H,2-8,12H2,1H3;1H. The average Bonchev–Trinajstić information content (AvgIpc) is 3.02. The first-order valence-electron chi connectivity index (χ1n) is 9.57. The van der Waals surface area contributed by atoms with Crippen molar-refractivity contribution in [2.75, 3.05) is 0 Å². The highest BCUT2D eigenvalue weighted by Crippen LogP contribution is 2.46. The lowest BCUT2D eigenvalue weighted by atomic mass is 9.75. The number of benzene rings is 1. The lowest BCUT2D eigenvalue weighted by Gasteiger charge is -2.38. The lowest BCUT2D eigenvalue weighted by Crippen LogP contribution is -2.41. The Hall–Kier alpha value is -1.04. The van der Waals surface area contributed by atoms with Crippen LogP contribution in [0, 0.1) is 0 Å². The zero-order valence-electron chi connectivity index (χ0n) is 15.3. The molecule has 142 valence electrons. The van der Waals surface area contributed by atoms with Crippen molar-refractivity contribution in [1.29, 1.82) is 0 Å².